The summed E-state index contributed by atoms with van der Waals surface area (Å²) in [5.74, 6) is 0. The predicted octanol–water partition coefficient (Wildman–Crippen LogP) is 11.8. The molecular weight excluding hydrogens is 447 g/mol. The molecule has 1 N–H and O–H groups in total. The summed E-state index contributed by atoms with van der Waals surface area (Å²) in [6, 6.07) is 0. The third-order valence-electron chi connectivity index (χ3n) is 8.03. The Kier molecular flexibility index (Phi) is 39.1. The molecule has 0 radical (unpaired) electrons. The molecule has 2 heteroatoms. The van der Waals surface area contributed by atoms with Crippen LogP contribution < -0.4 is 0 Å². The second-order valence-electron chi connectivity index (χ2n) is 11.8. The molecule has 0 amide bonds. The molecule has 0 aliphatic heterocycles. The van der Waals surface area contributed by atoms with Crippen LogP contribution in [0.4, 0.5) is 0 Å². The van der Waals surface area contributed by atoms with Crippen LogP contribution in [0.2, 0.25) is 0 Å². The summed E-state index contributed by atoms with van der Waals surface area (Å²) < 4.78 is 0. The summed E-state index contributed by atoms with van der Waals surface area (Å²) in [6.07, 6.45) is 43.0. The van der Waals surface area contributed by atoms with Crippen LogP contribution >= 0.6 is 0 Å². The van der Waals surface area contributed by atoms with E-state index in [1.165, 1.54) is 186 Å². The first-order valence-corrected chi connectivity index (χ1v) is 17.0. The van der Waals surface area contributed by atoms with Crippen LogP contribution in [0.15, 0.2) is 0 Å². The molecule has 0 aromatic heterocycles. The van der Waals surface area contributed by atoms with Gasteiger partial charge in [-0.25, -0.2) is 0 Å². The van der Waals surface area contributed by atoms with E-state index in [0.29, 0.717) is 0 Å². The summed E-state index contributed by atoms with van der Waals surface area (Å²) >= 11 is 0. The Hall–Kier alpha value is 0.960. The molecule has 0 bridgehead atoms. The van der Waals surface area contributed by atoms with Gasteiger partial charge in [-0.05, 0) is 12.8 Å². The summed E-state index contributed by atoms with van der Waals surface area (Å²) in [5.41, 5.74) is 0. The molecule has 1 atom stereocenters. The van der Waals surface area contributed by atoms with Crippen molar-refractivity contribution in [2.45, 2.75) is 219 Å². The fourth-order valence-electron chi connectivity index (χ4n) is 5.47. The Morgan fingerprint density at radius 2 is 0.472 bits per heavy atom. The van der Waals surface area contributed by atoms with Gasteiger partial charge in [0.05, 0.1) is 6.10 Å². The van der Waals surface area contributed by atoms with E-state index in [-0.39, 0.29) is 35.7 Å². The summed E-state index contributed by atoms with van der Waals surface area (Å²) in [4.78, 5) is 0. The molecule has 214 valence electrons. The van der Waals surface area contributed by atoms with Crippen LogP contribution in [0.1, 0.15) is 213 Å². The van der Waals surface area contributed by atoms with Crippen LogP contribution in [-0.2, 0) is 0 Å². The van der Waals surface area contributed by atoms with Crippen molar-refractivity contribution in [1.29, 1.82) is 0 Å². The first-order valence-electron chi connectivity index (χ1n) is 17.0. The van der Waals surface area contributed by atoms with Gasteiger partial charge >= 0.3 is 29.6 Å². The molecule has 0 aliphatic carbocycles. The van der Waals surface area contributed by atoms with E-state index >= 15 is 0 Å². The van der Waals surface area contributed by atoms with Crippen molar-refractivity contribution in [2.24, 2.45) is 0 Å². The summed E-state index contributed by atoms with van der Waals surface area (Å²) in [7, 11) is 0. The van der Waals surface area contributed by atoms with Crippen LogP contribution in [0, 0.1) is 0 Å². The van der Waals surface area contributed by atoms with Crippen LogP contribution in [0.5, 0.6) is 0 Å². The molecule has 0 aromatic carbocycles. The Morgan fingerprint density at radius 1 is 0.306 bits per heavy atom. The molecule has 1 unspecified atom stereocenters. The topological polar surface area (TPSA) is 20.2 Å². The number of aliphatic hydroxyl groups excluding tert-OH is 1. The molecule has 1 nitrogen and oxygen atoms in total. The minimum absolute atomic E-state index is 0. The average molecular weight is 519 g/mol. The molecule has 0 saturated heterocycles. The normalized spacial score (nSPS) is 12.1. The fourth-order valence-corrected chi connectivity index (χ4v) is 5.47. The molecule has 0 spiro atoms. The fraction of sp³-hybridized carbons (Fsp3) is 1.00. The van der Waals surface area contributed by atoms with Crippen molar-refractivity contribution < 1.29 is 5.11 Å². The van der Waals surface area contributed by atoms with E-state index in [0.717, 1.165) is 12.8 Å². The van der Waals surface area contributed by atoms with Crippen LogP contribution in [0.3, 0.4) is 0 Å². The average Bonchev–Trinajstić information content (AvgIpc) is 2.86. The van der Waals surface area contributed by atoms with Gasteiger partial charge in [0.1, 0.15) is 0 Å². The van der Waals surface area contributed by atoms with Gasteiger partial charge in [0.15, 0.2) is 0 Å². The zero-order valence-corrected chi connectivity index (χ0v) is 24.9. The molecule has 0 rings (SSSR count). The van der Waals surface area contributed by atoms with E-state index in [4.69, 9.17) is 0 Å². The van der Waals surface area contributed by atoms with Gasteiger partial charge in [0.25, 0.3) is 0 Å². The number of hydrogen-bond acceptors (Lipinski definition) is 1. The third kappa shape index (κ3) is 35.0. The Labute approximate surface area is 252 Å². The van der Waals surface area contributed by atoms with Crippen molar-refractivity contribution in [3.8, 4) is 0 Å². The molecule has 0 fully saturated rings. The van der Waals surface area contributed by atoms with Gasteiger partial charge in [0, 0.05) is 0 Å². The number of unbranched alkanes of at least 4 members (excludes halogenated alkanes) is 27. The van der Waals surface area contributed by atoms with E-state index in [9.17, 15) is 5.11 Å². The van der Waals surface area contributed by atoms with E-state index in [1.54, 1.807) is 0 Å². The van der Waals surface area contributed by atoms with Gasteiger partial charge in [-0.1, -0.05) is 200 Å². The zero-order valence-electron chi connectivity index (χ0n) is 24.9. The maximum absolute atomic E-state index is 10.2. The molecule has 0 heterocycles. The van der Waals surface area contributed by atoms with Gasteiger partial charge in [-0.2, -0.15) is 0 Å². The van der Waals surface area contributed by atoms with Crippen LogP contribution in [-0.4, -0.2) is 40.8 Å². The molecular formula is C34H71NaO. The second-order valence-corrected chi connectivity index (χ2v) is 11.8. The van der Waals surface area contributed by atoms with E-state index < -0.39 is 0 Å². The van der Waals surface area contributed by atoms with Gasteiger partial charge in [-0.15, -0.1) is 0 Å². The van der Waals surface area contributed by atoms with Crippen molar-refractivity contribution in [1.82, 2.24) is 0 Å². The zero-order chi connectivity index (χ0) is 25.5. The summed E-state index contributed by atoms with van der Waals surface area (Å²) in [6.45, 7) is 4.59. The van der Waals surface area contributed by atoms with Gasteiger partial charge in [0.2, 0.25) is 0 Å². The van der Waals surface area contributed by atoms with E-state index in [2.05, 4.69) is 13.8 Å². The Balaban J connectivity index is 0. The Bertz CT molecular complexity index is 359. The first-order chi connectivity index (χ1) is 17.3. The Morgan fingerprint density at radius 3 is 0.667 bits per heavy atom. The standard InChI is InChI=1S/C34H70O.Na.H/c1-3-5-7-9-11-13-15-17-19-21-23-25-27-29-31-33-34(35)32-30-28-26-24-22-20-18-16-14-12-10-8-6-4-2;;/h34-35H,3-33H2,1-2H3;;. The second kappa shape index (κ2) is 36.0. The molecule has 36 heavy (non-hydrogen) atoms. The first kappa shape index (κ1) is 39.1. The molecule has 0 aromatic rings. The predicted molar refractivity (Wildman–Crippen MR) is 168 cm³/mol. The van der Waals surface area contributed by atoms with Crippen molar-refractivity contribution >= 4 is 29.6 Å². The van der Waals surface area contributed by atoms with Crippen LogP contribution in [0.25, 0.3) is 0 Å². The third-order valence-corrected chi connectivity index (χ3v) is 8.03. The number of hydrogen-bond donors (Lipinski definition) is 1. The maximum atomic E-state index is 10.2. The van der Waals surface area contributed by atoms with Gasteiger partial charge < -0.3 is 5.11 Å². The SMILES string of the molecule is CCCCCCCCCCCCCCCCCC(O)CCCCCCCCCCCCCCCC.[NaH]. The van der Waals surface area contributed by atoms with E-state index in [1.807, 2.05) is 0 Å². The summed E-state index contributed by atoms with van der Waals surface area (Å²) in [5, 5.41) is 10.2. The number of rotatable bonds is 31. The van der Waals surface area contributed by atoms with Crippen molar-refractivity contribution in [3.05, 3.63) is 0 Å². The monoisotopic (exact) mass is 519 g/mol. The quantitative estimate of drug-likeness (QED) is 0.0714. The van der Waals surface area contributed by atoms with Crippen molar-refractivity contribution in [2.75, 3.05) is 0 Å². The number of aliphatic hydroxyl groups is 1. The van der Waals surface area contributed by atoms with Crippen molar-refractivity contribution in [3.63, 3.8) is 0 Å². The van der Waals surface area contributed by atoms with Gasteiger partial charge in [-0.3, -0.25) is 0 Å². The molecule has 0 aliphatic rings. The minimum atomic E-state index is -0.0331. The molecule has 0 saturated carbocycles.